The Bertz CT molecular complexity index is 1080. The smallest absolute Gasteiger partial charge is 0.330 e. The third kappa shape index (κ3) is 8.03. The molecule has 0 N–H and O–H groups in total. The fourth-order valence-electron chi connectivity index (χ4n) is 2.74. The molecule has 31 heavy (non-hydrogen) atoms. The molecule has 0 saturated heterocycles. The lowest BCUT2D eigenvalue weighted by molar-refractivity contribution is -0.137. The minimum atomic E-state index is -3.36. The van der Waals surface area contributed by atoms with E-state index < -0.39 is 21.6 Å². The summed E-state index contributed by atoms with van der Waals surface area (Å²) in [6.45, 7) is 5.42. The Kier molecular flexibility index (Phi) is 10.1. The fraction of sp³-hybridized carbons (Fsp3) is 0.429. The Morgan fingerprint density at radius 3 is 2.74 bits per heavy atom. The van der Waals surface area contributed by atoms with Crippen LogP contribution in [0, 0.1) is 10.5 Å². The summed E-state index contributed by atoms with van der Waals surface area (Å²) in [4.78, 5) is 11.8. The number of hydrogen-bond acceptors (Lipinski definition) is 8. The van der Waals surface area contributed by atoms with Crippen LogP contribution in [-0.4, -0.2) is 51.5 Å². The highest BCUT2D eigenvalue weighted by molar-refractivity contribution is 7.99. The summed E-state index contributed by atoms with van der Waals surface area (Å²) < 4.78 is 53.4. The number of thioether (sulfide) groups is 1. The summed E-state index contributed by atoms with van der Waals surface area (Å²) in [6, 6.07) is 5.52. The van der Waals surface area contributed by atoms with Crippen LogP contribution in [0.5, 0.6) is 0 Å². The van der Waals surface area contributed by atoms with Gasteiger partial charge in [-0.25, -0.2) is 17.6 Å². The van der Waals surface area contributed by atoms with Crippen molar-refractivity contribution in [2.45, 2.75) is 24.7 Å². The molecular formula is C21H25FO6S3. The number of benzene rings is 1. The minimum Gasteiger partial charge on any atom is -0.461 e. The molecule has 0 aliphatic heterocycles. The van der Waals surface area contributed by atoms with Gasteiger partial charge in [0, 0.05) is 27.7 Å². The van der Waals surface area contributed by atoms with Crippen molar-refractivity contribution in [3.63, 3.8) is 0 Å². The second-order valence-electron chi connectivity index (χ2n) is 6.57. The summed E-state index contributed by atoms with van der Waals surface area (Å²) in [7, 11) is -3.36. The number of sulfone groups is 1. The van der Waals surface area contributed by atoms with Crippen LogP contribution in [0.4, 0.5) is 4.39 Å². The van der Waals surface area contributed by atoms with Gasteiger partial charge in [-0.05, 0) is 36.8 Å². The van der Waals surface area contributed by atoms with Crippen molar-refractivity contribution in [2.24, 2.45) is 0 Å². The van der Waals surface area contributed by atoms with Crippen LogP contribution in [0.25, 0.3) is 11.0 Å². The van der Waals surface area contributed by atoms with E-state index in [-0.39, 0.29) is 29.4 Å². The van der Waals surface area contributed by atoms with Gasteiger partial charge in [-0.2, -0.15) is 0 Å². The first-order valence-electron chi connectivity index (χ1n) is 9.72. The molecule has 0 bridgehead atoms. The first-order chi connectivity index (χ1) is 14.8. The average Bonchev–Trinajstić information content (AvgIpc) is 2.73. The maximum atomic E-state index is 14.4. The summed E-state index contributed by atoms with van der Waals surface area (Å²) in [6.07, 6.45) is 2.34. The van der Waals surface area contributed by atoms with Crippen molar-refractivity contribution in [1.29, 1.82) is 0 Å². The van der Waals surface area contributed by atoms with Gasteiger partial charge in [0.15, 0.2) is 15.7 Å². The van der Waals surface area contributed by atoms with Crippen molar-refractivity contribution in [3.8, 4) is 0 Å². The Morgan fingerprint density at radius 1 is 1.29 bits per heavy atom. The third-order valence-corrected chi connectivity index (χ3v) is 7.06. The SMILES string of the molecule is C=CC(=O)OCCS(=O)(=O)CCOCCSc1ccc2oc(=S)c(F)c(CCC)c2c1. The number of rotatable bonds is 13. The van der Waals surface area contributed by atoms with E-state index in [0.29, 0.717) is 35.3 Å². The van der Waals surface area contributed by atoms with Crippen molar-refractivity contribution in [2.75, 3.05) is 37.1 Å². The number of esters is 1. The fourth-order valence-corrected chi connectivity index (χ4v) is 4.67. The molecule has 1 aromatic carbocycles. The van der Waals surface area contributed by atoms with Crippen molar-refractivity contribution in [3.05, 3.63) is 46.9 Å². The first-order valence-corrected chi connectivity index (χ1v) is 12.9. The number of fused-ring (bicyclic) bond motifs is 1. The van der Waals surface area contributed by atoms with Gasteiger partial charge in [-0.1, -0.05) is 19.9 Å². The van der Waals surface area contributed by atoms with Crippen LogP contribution in [0.2, 0.25) is 0 Å². The normalized spacial score (nSPS) is 11.5. The predicted octanol–water partition coefficient (Wildman–Crippen LogP) is 4.51. The summed E-state index contributed by atoms with van der Waals surface area (Å²) >= 11 is 6.48. The first kappa shape index (κ1) is 25.5. The molecule has 0 atom stereocenters. The van der Waals surface area contributed by atoms with Crippen LogP contribution >= 0.6 is 24.0 Å². The van der Waals surface area contributed by atoms with Gasteiger partial charge in [0.25, 0.3) is 0 Å². The van der Waals surface area contributed by atoms with Crippen molar-refractivity contribution >= 4 is 50.8 Å². The van der Waals surface area contributed by atoms with Gasteiger partial charge in [0.1, 0.15) is 12.2 Å². The molecule has 0 aliphatic rings. The Labute approximate surface area is 190 Å². The van der Waals surface area contributed by atoms with Crippen LogP contribution in [0.15, 0.2) is 40.2 Å². The Balaban J connectivity index is 1.81. The lowest BCUT2D eigenvalue weighted by Crippen LogP contribution is -2.20. The zero-order valence-electron chi connectivity index (χ0n) is 17.2. The maximum Gasteiger partial charge on any atom is 0.330 e. The van der Waals surface area contributed by atoms with Gasteiger partial charge in [0.05, 0.1) is 24.7 Å². The molecule has 0 fully saturated rings. The van der Waals surface area contributed by atoms with Gasteiger partial charge in [0.2, 0.25) is 4.71 Å². The number of aryl methyl sites for hydroxylation is 1. The molecule has 1 aromatic heterocycles. The molecule has 0 aliphatic carbocycles. The number of halogens is 1. The highest BCUT2D eigenvalue weighted by Crippen LogP contribution is 2.29. The van der Waals surface area contributed by atoms with Gasteiger partial charge >= 0.3 is 5.97 Å². The largest absolute Gasteiger partial charge is 0.461 e. The standard InChI is InChI=1S/C21H25FO6S3/c1-3-5-16-17-14-15(6-7-18(17)28-21(29)20(16)22)30-11-8-26-9-12-31(24,25)13-10-27-19(23)4-2/h4,6-7,14H,2-3,5,8-13H2,1H3. The number of carbonyl (C=O) groups is 1. The average molecular weight is 489 g/mol. The van der Waals surface area contributed by atoms with Crippen LogP contribution in [0.1, 0.15) is 18.9 Å². The summed E-state index contributed by atoms with van der Waals surface area (Å²) in [5, 5.41) is 0.710. The topological polar surface area (TPSA) is 82.8 Å². The minimum absolute atomic E-state index is 0.0579. The van der Waals surface area contributed by atoms with E-state index in [1.165, 1.54) is 11.8 Å². The van der Waals surface area contributed by atoms with E-state index in [0.717, 1.165) is 17.4 Å². The second-order valence-corrected chi connectivity index (χ2v) is 10.4. The molecule has 10 heteroatoms. The van der Waals surface area contributed by atoms with E-state index >= 15 is 0 Å². The quantitative estimate of drug-likeness (QED) is 0.134. The van der Waals surface area contributed by atoms with Crippen LogP contribution in [-0.2, 0) is 30.5 Å². The molecule has 2 rings (SSSR count). The molecule has 170 valence electrons. The predicted molar refractivity (Wildman–Crippen MR) is 122 cm³/mol. The van der Waals surface area contributed by atoms with Crippen molar-refractivity contribution in [1.82, 2.24) is 0 Å². The molecule has 2 aromatic rings. The molecule has 6 nitrogen and oxygen atoms in total. The second kappa shape index (κ2) is 12.3. The molecular weight excluding hydrogens is 463 g/mol. The monoisotopic (exact) mass is 488 g/mol. The molecule has 0 amide bonds. The lowest BCUT2D eigenvalue weighted by atomic mass is 10.1. The zero-order chi connectivity index (χ0) is 22.9. The van der Waals surface area contributed by atoms with Gasteiger partial charge in [-0.15, -0.1) is 11.8 Å². The highest BCUT2D eigenvalue weighted by atomic mass is 32.2. The number of hydrogen-bond donors (Lipinski definition) is 0. The summed E-state index contributed by atoms with van der Waals surface area (Å²) in [5.74, 6) is -0.931. The lowest BCUT2D eigenvalue weighted by Gasteiger charge is -2.09. The third-order valence-electron chi connectivity index (χ3n) is 4.26. The van der Waals surface area contributed by atoms with E-state index in [9.17, 15) is 17.6 Å². The number of ether oxygens (including phenoxy) is 2. The molecule has 0 radical (unpaired) electrons. The van der Waals surface area contributed by atoms with E-state index in [2.05, 4.69) is 11.3 Å². The van der Waals surface area contributed by atoms with E-state index in [1.54, 1.807) is 6.07 Å². The van der Waals surface area contributed by atoms with Gasteiger partial charge < -0.3 is 13.9 Å². The van der Waals surface area contributed by atoms with Gasteiger partial charge in [-0.3, -0.25) is 0 Å². The Morgan fingerprint density at radius 2 is 2.03 bits per heavy atom. The van der Waals surface area contributed by atoms with Crippen LogP contribution < -0.4 is 0 Å². The zero-order valence-corrected chi connectivity index (χ0v) is 19.7. The van der Waals surface area contributed by atoms with E-state index in [1.807, 2.05) is 19.1 Å². The highest BCUT2D eigenvalue weighted by Gasteiger charge is 2.13. The van der Waals surface area contributed by atoms with Crippen LogP contribution in [0.3, 0.4) is 0 Å². The molecule has 0 spiro atoms. The maximum absolute atomic E-state index is 14.4. The number of carbonyl (C=O) groups excluding carboxylic acids is 1. The van der Waals surface area contributed by atoms with Crippen molar-refractivity contribution < 1.29 is 31.5 Å². The Hall–Kier alpha value is -1.75. The molecule has 1 heterocycles. The molecule has 0 saturated carbocycles. The van der Waals surface area contributed by atoms with E-state index in [4.69, 9.17) is 21.4 Å². The summed E-state index contributed by atoms with van der Waals surface area (Å²) in [5.41, 5.74) is 1.12. The molecule has 0 unspecified atom stereocenters.